The van der Waals surface area contributed by atoms with Crippen LogP contribution in [0.15, 0.2) is 30.3 Å². The van der Waals surface area contributed by atoms with E-state index < -0.39 is 0 Å². The molecule has 0 N–H and O–H groups in total. The SMILES string of the molecule is COC(=O)c1ccc(CCC[C@@H]2[C@@H](COc3cc(Cl)cc(Cl)c3)[C@H](OC3CCCCO3)C[C@H]2C#N)s1. The van der Waals surface area contributed by atoms with Crippen LogP contribution in [-0.4, -0.2) is 38.7 Å². The molecular formula is C27H31Cl2NO5S. The summed E-state index contributed by atoms with van der Waals surface area (Å²) in [4.78, 5) is 13.5. The Morgan fingerprint density at radius 1 is 1.19 bits per heavy atom. The first-order chi connectivity index (χ1) is 17.5. The molecule has 0 amide bonds. The predicted octanol–water partition coefficient (Wildman–Crippen LogP) is 6.93. The van der Waals surface area contributed by atoms with E-state index in [0.29, 0.717) is 40.3 Å². The molecule has 0 bridgehead atoms. The smallest absolute Gasteiger partial charge is 0.348 e. The molecule has 4 rings (SSSR count). The monoisotopic (exact) mass is 551 g/mol. The van der Waals surface area contributed by atoms with Crippen molar-refractivity contribution in [2.45, 2.75) is 57.3 Å². The van der Waals surface area contributed by atoms with Gasteiger partial charge in [-0.2, -0.15) is 5.26 Å². The number of halogens is 2. The largest absolute Gasteiger partial charge is 0.493 e. The molecule has 194 valence electrons. The fourth-order valence-corrected chi connectivity index (χ4v) is 6.65. The molecule has 1 saturated heterocycles. The van der Waals surface area contributed by atoms with Gasteiger partial charge in [0.05, 0.1) is 31.8 Å². The van der Waals surface area contributed by atoms with Gasteiger partial charge in [0.2, 0.25) is 0 Å². The summed E-state index contributed by atoms with van der Waals surface area (Å²) < 4.78 is 23.2. The number of hydrogen-bond donors (Lipinski definition) is 0. The van der Waals surface area contributed by atoms with E-state index in [1.54, 1.807) is 24.3 Å². The number of nitrogens with zero attached hydrogens (tertiary/aromatic N) is 1. The Morgan fingerprint density at radius 3 is 2.69 bits per heavy atom. The minimum Gasteiger partial charge on any atom is -0.493 e. The van der Waals surface area contributed by atoms with Crippen LogP contribution >= 0.6 is 34.5 Å². The second-order valence-electron chi connectivity index (χ2n) is 9.34. The van der Waals surface area contributed by atoms with Crippen molar-refractivity contribution in [3.63, 3.8) is 0 Å². The van der Waals surface area contributed by atoms with Crippen molar-refractivity contribution in [2.24, 2.45) is 17.8 Å². The molecule has 36 heavy (non-hydrogen) atoms. The minimum absolute atomic E-state index is 0.0342. The van der Waals surface area contributed by atoms with Gasteiger partial charge in [0.15, 0.2) is 6.29 Å². The maximum absolute atomic E-state index is 11.8. The molecule has 6 nitrogen and oxygen atoms in total. The number of nitriles is 1. The molecule has 1 aliphatic heterocycles. The highest BCUT2D eigenvalue weighted by Gasteiger charge is 2.45. The number of ether oxygens (including phenoxy) is 4. The lowest BCUT2D eigenvalue weighted by Crippen LogP contribution is -2.34. The van der Waals surface area contributed by atoms with Crippen molar-refractivity contribution in [1.29, 1.82) is 5.26 Å². The molecule has 2 heterocycles. The van der Waals surface area contributed by atoms with Crippen molar-refractivity contribution in [2.75, 3.05) is 20.3 Å². The summed E-state index contributed by atoms with van der Waals surface area (Å²) in [7, 11) is 1.39. The Hall–Kier alpha value is -1.82. The Morgan fingerprint density at radius 2 is 2.00 bits per heavy atom. The first-order valence-electron chi connectivity index (χ1n) is 12.4. The third-order valence-corrected chi connectivity index (χ3v) is 8.51. The van der Waals surface area contributed by atoms with Gasteiger partial charge >= 0.3 is 5.97 Å². The Balaban J connectivity index is 1.44. The fourth-order valence-electron chi connectivity index (χ4n) is 5.18. The zero-order valence-electron chi connectivity index (χ0n) is 20.3. The highest BCUT2D eigenvalue weighted by atomic mass is 35.5. The molecule has 9 heteroatoms. The Labute approximate surface area is 226 Å². The van der Waals surface area contributed by atoms with Crippen molar-refractivity contribution >= 4 is 40.5 Å². The third-order valence-electron chi connectivity index (χ3n) is 6.95. The zero-order chi connectivity index (χ0) is 25.5. The van der Waals surface area contributed by atoms with E-state index in [1.807, 2.05) is 6.07 Å². The molecule has 0 radical (unpaired) electrons. The van der Waals surface area contributed by atoms with Crippen LogP contribution in [0.3, 0.4) is 0 Å². The van der Waals surface area contributed by atoms with Crippen LogP contribution in [0.4, 0.5) is 0 Å². The van der Waals surface area contributed by atoms with Gasteiger partial charge in [0.1, 0.15) is 10.6 Å². The van der Waals surface area contributed by atoms with Gasteiger partial charge in [0.25, 0.3) is 0 Å². The summed E-state index contributed by atoms with van der Waals surface area (Å²) in [5.74, 6) is 0.331. The van der Waals surface area contributed by atoms with Gasteiger partial charge in [-0.25, -0.2) is 4.79 Å². The predicted molar refractivity (Wildman–Crippen MR) is 140 cm³/mol. The van der Waals surface area contributed by atoms with Crippen molar-refractivity contribution in [3.05, 3.63) is 50.1 Å². The number of aryl methyl sites for hydroxylation is 1. The molecule has 0 spiro atoms. The topological polar surface area (TPSA) is 77.8 Å². The summed E-state index contributed by atoms with van der Waals surface area (Å²) in [5.41, 5.74) is 0. The second-order valence-corrected chi connectivity index (χ2v) is 11.4. The first kappa shape index (κ1) is 27.2. The summed E-state index contributed by atoms with van der Waals surface area (Å²) in [5, 5.41) is 11.0. The quantitative estimate of drug-likeness (QED) is 0.298. The molecule has 2 aromatic rings. The van der Waals surface area contributed by atoms with Crippen molar-refractivity contribution < 1.29 is 23.7 Å². The lowest BCUT2D eigenvalue weighted by molar-refractivity contribution is -0.197. The van der Waals surface area contributed by atoms with Crippen LogP contribution < -0.4 is 4.74 Å². The van der Waals surface area contributed by atoms with Crippen molar-refractivity contribution in [1.82, 2.24) is 0 Å². The molecule has 2 fully saturated rings. The first-order valence-corrected chi connectivity index (χ1v) is 14.0. The van der Waals surface area contributed by atoms with Gasteiger partial charge in [-0.3, -0.25) is 0 Å². The Kier molecular flexibility index (Phi) is 9.92. The number of carbonyl (C=O) groups excluding carboxylic acids is 1. The molecule has 1 saturated carbocycles. The summed E-state index contributed by atoms with van der Waals surface area (Å²) in [6.07, 6.45) is 5.92. The van der Waals surface area contributed by atoms with E-state index in [0.717, 1.165) is 43.4 Å². The number of benzene rings is 1. The second kappa shape index (κ2) is 13.1. The lowest BCUT2D eigenvalue weighted by Gasteiger charge is -2.30. The van der Waals surface area contributed by atoms with Crippen LogP contribution in [0, 0.1) is 29.1 Å². The number of rotatable bonds is 10. The molecular weight excluding hydrogens is 521 g/mol. The molecule has 2 aliphatic rings. The maximum Gasteiger partial charge on any atom is 0.348 e. The molecule has 1 unspecified atom stereocenters. The van der Waals surface area contributed by atoms with E-state index in [4.69, 9.17) is 42.1 Å². The summed E-state index contributed by atoms with van der Waals surface area (Å²) in [6.45, 7) is 1.11. The lowest BCUT2D eigenvalue weighted by atomic mass is 9.85. The van der Waals surface area contributed by atoms with Crippen LogP contribution in [0.5, 0.6) is 5.75 Å². The highest BCUT2D eigenvalue weighted by molar-refractivity contribution is 7.13. The number of carbonyl (C=O) groups is 1. The molecule has 1 aromatic carbocycles. The van der Waals surface area contributed by atoms with Crippen molar-refractivity contribution in [3.8, 4) is 11.8 Å². The number of esters is 1. The summed E-state index contributed by atoms with van der Waals surface area (Å²) >= 11 is 13.8. The van der Waals surface area contributed by atoms with E-state index in [9.17, 15) is 10.1 Å². The van der Waals surface area contributed by atoms with Gasteiger partial charge in [-0.1, -0.05) is 23.2 Å². The van der Waals surface area contributed by atoms with Crippen LogP contribution in [0.1, 0.15) is 53.1 Å². The standard InChI is InChI=1S/C27H31Cl2NO5S/c1-32-27(31)25-9-8-21(36-25)5-4-6-22-17(15-30)11-24(35-26-7-2-3-10-33-26)23(22)16-34-20-13-18(28)12-19(29)14-20/h8-9,12-14,17,22-24,26H,2-7,10-11,16H2,1H3/t17-,22-,23+,24+,26?/m0/s1. The van der Waals surface area contributed by atoms with E-state index in [2.05, 4.69) is 6.07 Å². The van der Waals surface area contributed by atoms with E-state index >= 15 is 0 Å². The fraction of sp³-hybridized carbons (Fsp3) is 0.556. The molecule has 1 aromatic heterocycles. The molecule has 5 atom stereocenters. The maximum atomic E-state index is 11.8. The van der Waals surface area contributed by atoms with Gasteiger partial charge in [0, 0.05) is 27.4 Å². The highest BCUT2D eigenvalue weighted by Crippen LogP contribution is 2.43. The van der Waals surface area contributed by atoms with Gasteiger partial charge in [-0.05, 0) is 81.2 Å². The van der Waals surface area contributed by atoms with Gasteiger partial charge < -0.3 is 18.9 Å². The zero-order valence-corrected chi connectivity index (χ0v) is 22.6. The number of methoxy groups -OCH3 is 1. The van der Waals surface area contributed by atoms with Crippen LogP contribution in [0.2, 0.25) is 10.0 Å². The number of thiophene rings is 1. The molecule has 1 aliphatic carbocycles. The average Bonchev–Trinajstić information content (AvgIpc) is 3.47. The summed E-state index contributed by atoms with van der Waals surface area (Å²) in [6, 6.07) is 11.5. The van der Waals surface area contributed by atoms with E-state index in [-0.39, 0.29) is 36.1 Å². The third kappa shape index (κ3) is 7.14. The van der Waals surface area contributed by atoms with Crippen LogP contribution in [0.25, 0.3) is 0 Å². The van der Waals surface area contributed by atoms with Gasteiger partial charge in [-0.15, -0.1) is 11.3 Å². The van der Waals surface area contributed by atoms with Crippen LogP contribution in [-0.2, 0) is 20.6 Å². The average molecular weight is 553 g/mol. The normalized spacial score (nSPS) is 25.9. The number of hydrogen-bond acceptors (Lipinski definition) is 7. The van der Waals surface area contributed by atoms with E-state index in [1.165, 1.54) is 18.4 Å². The Bertz CT molecular complexity index is 1040. The minimum atomic E-state index is -0.310.